The number of ketones is 1. The first-order valence-corrected chi connectivity index (χ1v) is 5.73. The first-order valence-electron chi connectivity index (χ1n) is 5.29. The molecule has 2 aromatic rings. The highest BCUT2D eigenvalue weighted by Gasteiger charge is 2.15. The molecule has 0 spiro atoms. The Morgan fingerprint density at radius 3 is 2.41 bits per heavy atom. The Labute approximate surface area is 106 Å². The number of hydrogen-bond acceptors (Lipinski definition) is 3. The van der Waals surface area contributed by atoms with Crippen molar-refractivity contribution in [2.75, 3.05) is 5.73 Å². The molecular formula is C14H13NOS. The molecule has 0 aliphatic rings. The van der Waals surface area contributed by atoms with E-state index in [1.165, 1.54) is 0 Å². The lowest BCUT2D eigenvalue weighted by atomic mass is 9.97. The summed E-state index contributed by atoms with van der Waals surface area (Å²) in [6.45, 7) is 1.86. The van der Waals surface area contributed by atoms with Crippen LogP contribution < -0.4 is 5.73 Å². The van der Waals surface area contributed by atoms with Gasteiger partial charge in [0.05, 0.1) is 0 Å². The van der Waals surface area contributed by atoms with E-state index in [-0.39, 0.29) is 5.78 Å². The Kier molecular flexibility index (Phi) is 3.20. The van der Waals surface area contributed by atoms with Crippen molar-refractivity contribution >= 4 is 24.1 Å². The van der Waals surface area contributed by atoms with Gasteiger partial charge in [0.1, 0.15) is 0 Å². The van der Waals surface area contributed by atoms with Crippen LogP contribution in [0.4, 0.5) is 5.69 Å². The summed E-state index contributed by atoms with van der Waals surface area (Å²) < 4.78 is 0. The third-order valence-electron chi connectivity index (χ3n) is 2.73. The number of carbonyl (C=O) groups excluding carboxylic acids is 1. The van der Waals surface area contributed by atoms with Gasteiger partial charge < -0.3 is 5.73 Å². The number of nitrogens with two attached hydrogens (primary N) is 1. The predicted molar refractivity (Wildman–Crippen MR) is 72.7 cm³/mol. The van der Waals surface area contributed by atoms with Crippen molar-refractivity contribution in [3.05, 3.63) is 59.2 Å². The van der Waals surface area contributed by atoms with E-state index in [2.05, 4.69) is 12.6 Å². The van der Waals surface area contributed by atoms with Crippen LogP contribution in [0.1, 0.15) is 21.5 Å². The average molecular weight is 243 g/mol. The van der Waals surface area contributed by atoms with Crippen LogP contribution in [0.15, 0.2) is 47.4 Å². The molecule has 2 aromatic carbocycles. The van der Waals surface area contributed by atoms with Gasteiger partial charge in [-0.2, -0.15) is 0 Å². The zero-order valence-corrected chi connectivity index (χ0v) is 10.4. The van der Waals surface area contributed by atoms with Gasteiger partial charge in [-0.05, 0) is 24.6 Å². The zero-order valence-electron chi connectivity index (χ0n) is 9.47. The van der Waals surface area contributed by atoms with Gasteiger partial charge in [-0.25, -0.2) is 0 Å². The normalized spacial score (nSPS) is 10.2. The summed E-state index contributed by atoms with van der Waals surface area (Å²) in [5.74, 6) is -0.0588. The second kappa shape index (κ2) is 4.63. The topological polar surface area (TPSA) is 43.1 Å². The Morgan fingerprint density at radius 2 is 1.76 bits per heavy atom. The van der Waals surface area contributed by atoms with E-state index in [1.807, 2.05) is 25.1 Å². The molecule has 86 valence electrons. The number of anilines is 1. The fourth-order valence-corrected chi connectivity index (χ4v) is 1.94. The maximum Gasteiger partial charge on any atom is 0.195 e. The Balaban J connectivity index is 2.56. The third kappa shape index (κ3) is 2.19. The Hall–Kier alpha value is -1.74. The molecule has 0 atom stereocenters. The van der Waals surface area contributed by atoms with E-state index < -0.39 is 0 Å². The quantitative estimate of drug-likeness (QED) is 0.483. The minimum Gasteiger partial charge on any atom is -0.398 e. The van der Waals surface area contributed by atoms with Gasteiger partial charge in [0.2, 0.25) is 0 Å². The highest BCUT2D eigenvalue weighted by atomic mass is 32.1. The van der Waals surface area contributed by atoms with Crippen molar-refractivity contribution < 1.29 is 4.79 Å². The number of benzene rings is 2. The van der Waals surface area contributed by atoms with Gasteiger partial charge in [0.25, 0.3) is 0 Å². The highest BCUT2D eigenvalue weighted by Crippen LogP contribution is 2.25. The van der Waals surface area contributed by atoms with E-state index in [9.17, 15) is 4.79 Å². The van der Waals surface area contributed by atoms with Crippen LogP contribution in [0.5, 0.6) is 0 Å². The summed E-state index contributed by atoms with van der Waals surface area (Å²) in [7, 11) is 0. The summed E-state index contributed by atoms with van der Waals surface area (Å²) in [5, 5.41) is 0. The van der Waals surface area contributed by atoms with Crippen molar-refractivity contribution in [1.29, 1.82) is 0 Å². The third-order valence-corrected chi connectivity index (χ3v) is 3.22. The number of thiol groups is 1. The lowest BCUT2D eigenvalue weighted by Crippen LogP contribution is -2.08. The molecule has 0 aromatic heterocycles. The molecule has 0 bridgehead atoms. The van der Waals surface area contributed by atoms with Crippen molar-refractivity contribution in [2.45, 2.75) is 11.8 Å². The van der Waals surface area contributed by atoms with Gasteiger partial charge >= 0.3 is 0 Å². The van der Waals surface area contributed by atoms with E-state index in [0.717, 1.165) is 10.5 Å². The molecule has 0 saturated carbocycles. The minimum atomic E-state index is -0.0588. The standard InChI is InChI=1S/C14H13NOS/c1-9-12(17)8-7-11(15)13(9)14(16)10-5-3-2-4-6-10/h2-8,17H,15H2,1H3. The van der Waals surface area contributed by atoms with E-state index >= 15 is 0 Å². The van der Waals surface area contributed by atoms with Gasteiger partial charge in [0, 0.05) is 21.7 Å². The molecule has 0 heterocycles. The second-order valence-corrected chi connectivity index (χ2v) is 4.35. The SMILES string of the molecule is Cc1c(S)ccc(N)c1C(=O)c1ccccc1. The van der Waals surface area contributed by atoms with E-state index in [4.69, 9.17) is 5.73 Å². The highest BCUT2D eigenvalue weighted by molar-refractivity contribution is 7.80. The molecule has 2 N–H and O–H groups in total. The Bertz CT molecular complexity index is 564. The summed E-state index contributed by atoms with van der Waals surface area (Å²) in [6.07, 6.45) is 0. The molecule has 3 heteroatoms. The molecule has 0 radical (unpaired) electrons. The average Bonchev–Trinajstić information content (AvgIpc) is 2.35. The second-order valence-electron chi connectivity index (χ2n) is 3.87. The lowest BCUT2D eigenvalue weighted by Gasteiger charge is -2.10. The zero-order chi connectivity index (χ0) is 12.4. The van der Waals surface area contributed by atoms with Gasteiger partial charge in [-0.1, -0.05) is 30.3 Å². The van der Waals surface area contributed by atoms with E-state index in [1.54, 1.807) is 24.3 Å². The first kappa shape index (κ1) is 11.7. The number of hydrogen-bond donors (Lipinski definition) is 2. The summed E-state index contributed by atoms with van der Waals surface area (Å²) in [4.78, 5) is 13.1. The van der Waals surface area contributed by atoms with Gasteiger partial charge in [-0.3, -0.25) is 4.79 Å². The van der Waals surface area contributed by atoms with Crippen LogP contribution in [-0.4, -0.2) is 5.78 Å². The smallest absolute Gasteiger partial charge is 0.195 e. The fraction of sp³-hybridized carbons (Fsp3) is 0.0714. The molecular weight excluding hydrogens is 230 g/mol. The largest absolute Gasteiger partial charge is 0.398 e. The van der Waals surface area contributed by atoms with Crippen LogP contribution in [0.2, 0.25) is 0 Å². The van der Waals surface area contributed by atoms with Crippen LogP contribution >= 0.6 is 12.6 Å². The monoisotopic (exact) mass is 243 g/mol. The molecule has 0 aliphatic carbocycles. The number of carbonyl (C=O) groups is 1. The fourth-order valence-electron chi connectivity index (χ4n) is 1.76. The molecule has 2 rings (SSSR count). The summed E-state index contributed by atoms with van der Waals surface area (Å²) >= 11 is 4.31. The molecule has 0 amide bonds. The lowest BCUT2D eigenvalue weighted by molar-refractivity contribution is 0.103. The van der Waals surface area contributed by atoms with Crippen LogP contribution in [-0.2, 0) is 0 Å². The first-order chi connectivity index (χ1) is 8.11. The van der Waals surface area contributed by atoms with Crippen LogP contribution in [0.25, 0.3) is 0 Å². The minimum absolute atomic E-state index is 0.0588. The molecule has 0 fully saturated rings. The van der Waals surface area contributed by atoms with Crippen molar-refractivity contribution in [3.8, 4) is 0 Å². The molecule has 0 unspecified atom stereocenters. The molecule has 2 nitrogen and oxygen atoms in total. The van der Waals surface area contributed by atoms with Crippen molar-refractivity contribution in [1.82, 2.24) is 0 Å². The Morgan fingerprint density at radius 1 is 1.12 bits per heavy atom. The van der Waals surface area contributed by atoms with Crippen molar-refractivity contribution in [3.63, 3.8) is 0 Å². The number of rotatable bonds is 2. The van der Waals surface area contributed by atoms with Crippen molar-refractivity contribution in [2.24, 2.45) is 0 Å². The molecule has 0 aliphatic heterocycles. The molecule has 17 heavy (non-hydrogen) atoms. The maximum absolute atomic E-state index is 12.3. The van der Waals surface area contributed by atoms with E-state index in [0.29, 0.717) is 16.8 Å². The maximum atomic E-state index is 12.3. The number of nitrogen functional groups attached to an aromatic ring is 1. The van der Waals surface area contributed by atoms with Gasteiger partial charge in [0.15, 0.2) is 5.78 Å². The van der Waals surface area contributed by atoms with Gasteiger partial charge in [-0.15, -0.1) is 12.6 Å². The van der Waals surface area contributed by atoms with Crippen LogP contribution in [0.3, 0.4) is 0 Å². The molecule has 0 saturated heterocycles. The predicted octanol–water partition coefficient (Wildman–Crippen LogP) is 3.10. The summed E-state index contributed by atoms with van der Waals surface area (Å²) in [6, 6.07) is 12.6. The van der Waals surface area contributed by atoms with Crippen LogP contribution in [0, 0.1) is 6.92 Å². The summed E-state index contributed by atoms with van der Waals surface area (Å²) in [5.41, 5.74) is 8.37.